The number of hydrogen-bond acceptors (Lipinski definition) is 0. The summed E-state index contributed by atoms with van der Waals surface area (Å²) in [7, 11) is 0. The van der Waals surface area contributed by atoms with Crippen LogP contribution in [0.2, 0.25) is 0 Å². The summed E-state index contributed by atoms with van der Waals surface area (Å²) < 4.78 is 35.2. The van der Waals surface area contributed by atoms with Gasteiger partial charge in [-0.1, -0.05) is 6.92 Å². The zero-order valence-corrected chi connectivity index (χ0v) is 4.63. The molecule has 0 aromatic rings. The molecule has 1 radical (unpaired) electrons. The van der Waals surface area contributed by atoms with Crippen LogP contribution in [0.3, 0.4) is 0 Å². The number of alkyl halides is 3. The first-order valence-electron chi connectivity index (χ1n) is 2.29. The van der Waals surface area contributed by atoms with E-state index in [4.69, 9.17) is 0 Å². The molecule has 0 aliphatic carbocycles. The zero-order chi connectivity index (χ0) is 6.78. The molecule has 0 aromatic heterocycles. The van der Waals surface area contributed by atoms with E-state index >= 15 is 0 Å². The van der Waals surface area contributed by atoms with E-state index in [1.165, 1.54) is 0 Å². The average molecular weight is 125 g/mol. The molecule has 0 saturated carbocycles. The van der Waals surface area contributed by atoms with Gasteiger partial charge in [0.15, 0.2) is 6.17 Å². The minimum Gasteiger partial charge on any atom is -0.241 e. The molecule has 0 nitrogen and oxygen atoms in total. The van der Waals surface area contributed by atoms with E-state index in [0.29, 0.717) is 6.92 Å². The van der Waals surface area contributed by atoms with E-state index in [2.05, 4.69) is 6.92 Å². The van der Waals surface area contributed by atoms with Crippen LogP contribution in [0.4, 0.5) is 13.2 Å². The molecular formula is C5H8F3. The molecular weight excluding hydrogens is 117 g/mol. The van der Waals surface area contributed by atoms with Gasteiger partial charge in [0.1, 0.15) is 0 Å². The molecule has 1 atom stereocenters. The summed E-state index contributed by atoms with van der Waals surface area (Å²) in [6, 6.07) is 0. The van der Waals surface area contributed by atoms with Gasteiger partial charge in [0.2, 0.25) is 0 Å². The Morgan fingerprint density at radius 2 is 2.00 bits per heavy atom. The molecule has 0 amide bonds. The van der Waals surface area contributed by atoms with Crippen molar-refractivity contribution in [1.82, 2.24) is 0 Å². The Balaban J connectivity index is 3.62. The Kier molecular flexibility index (Phi) is 2.31. The van der Waals surface area contributed by atoms with Gasteiger partial charge in [-0.25, -0.2) is 13.2 Å². The maximum absolute atomic E-state index is 11.8. The highest BCUT2D eigenvalue weighted by molar-refractivity contribution is 4.71. The standard InChI is InChI=1S/C5H8F3/c1-3-4(6)5(2,7)8/h4H,1,3H2,2H3. The fraction of sp³-hybridized carbons (Fsp3) is 0.800. The average Bonchev–Trinajstić information content (AvgIpc) is 1.62. The van der Waals surface area contributed by atoms with E-state index in [0.717, 1.165) is 0 Å². The fourth-order valence-electron chi connectivity index (χ4n) is 0.253. The lowest BCUT2D eigenvalue weighted by Crippen LogP contribution is -2.24. The molecule has 0 bridgehead atoms. The van der Waals surface area contributed by atoms with Gasteiger partial charge in [-0.15, -0.1) is 0 Å². The molecule has 0 fully saturated rings. The van der Waals surface area contributed by atoms with E-state index in [-0.39, 0.29) is 6.42 Å². The lowest BCUT2D eigenvalue weighted by Gasteiger charge is -2.12. The van der Waals surface area contributed by atoms with Crippen molar-refractivity contribution in [2.75, 3.05) is 0 Å². The third-order valence-corrected chi connectivity index (χ3v) is 0.803. The molecule has 0 spiro atoms. The van der Waals surface area contributed by atoms with Crippen LogP contribution in [-0.4, -0.2) is 12.1 Å². The highest BCUT2D eigenvalue weighted by atomic mass is 19.3. The Hall–Kier alpha value is -0.210. The van der Waals surface area contributed by atoms with Crippen LogP contribution >= 0.6 is 0 Å². The lowest BCUT2D eigenvalue weighted by atomic mass is 10.2. The summed E-state index contributed by atoms with van der Waals surface area (Å²) in [5.74, 6) is -3.22. The van der Waals surface area contributed by atoms with Crippen LogP contribution in [0.25, 0.3) is 0 Å². The highest BCUT2D eigenvalue weighted by Crippen LogP contribution is 2.21. The summed E-state index contributed by atoms with van der Waals surface area (Å²) >= 11 is 0. The van der Waals surface area contributed by atoms with Gasteiger partial charge in [-0.3, -0.25) is 0 Å². The minimum absolute atomic E-state index is 0.372. The Bertz CT molecular complexity index is 64.6. The predicted octanol–water partition coefficient (Wildman–Crippen LogP) is 2.20. The Morgan fingerprint density at radius 1 is 1.62 bits per heavy atom. The van der Waals surface area contributed by atoms with Crippen LogP contribution in [0.1, 0.15) is 13.3 Å². The summed E-state index contributed by atoms with van der Waals surface area (Å²) in [5, 5.41) is 0. The Morgan fingerprint density at radius 3 is 2.00 bits per heavy atom. The second-order valence-corrected chi connectivity index (χ2v) is 1.71. The van der Waals surface area contributed by atoms with E-state index in [1.807, 2.05) is 0 Å². The second kappa shape index (κ2) is 2.37. The predicted molar refractivity (Wildman–Crippen MR) is 25.5 cm³/mol. The lowest BCUT2D eigenvalue weighted by molar-refractivity contribution is -0.0535. The van der Waals surface area contributed by atoms with Crippen LogP contribution in [0.5, 0.6) is 0 Å². The van der Waals surface area contributed by atoms with Crippen LogP contribution in [0.15, 0.2) is 0 Å². The van der Waals surface area contributed by atoms with Gasteiger partial charge in [-0.2, -0.15) is 0 Å². The third-order valence-electron chi connectivity index (χ3n) is 0.803. The van der Waals surface area contributed by atoms with Crippen molar-refractivity contribution in [3.63, 3.8) is 0 Å². The molecule has 1 unspecified atom stereocenters. The minimum atomic E-state index is -3.22. The van der Waals surface area contributed by atoms with Gasteiger partial charge in [0, 0.05) is 6.92 Å². The first-order chi connectivity index (χ1) is 3.48. The van der Waals surface area contributed by atoms with Crippen LogP contribution in [0, 0.1) is 6.92 Å². The molecule has 0 aliphatic rings. The van der Waals surface area contributed by atoms with Crippen molar-refractivity contribution in [3.8, 4) is 0 Å². The van der Waals surface area contributed by atoms with Gasteiger partial charge in [-0.05, 0) is 6.42 Å². The maximum atomic E-state index is 11.8. The summed E-state index contributed by atoms with van der Waals surface area (Å²) in [5.41, 5.74) is 0. The van der Waals surface area contributed by atoms with Crippen molar-refractivity contribution < 1.29 is 13.2 Å². The number of halogens is 3. The van der Waals surface area contributed by atoms with E-state index < -0.39 is 12.1 Å². The molecule has 3 heteroatoms. The smallest absolute Gasteiger partial charge is 0.241 e. The molecule has 0 aromatic carbocycles. The van der Waals surface area contributed by atoms with E-state index in [9.17, 15) is 13.2 Å². The topological polar surface area (TPSA) is 0 Å². The van der Waals surface area contributed by atoms with Crippen molar-refractivity contribution in [3.05, 3.63) is 6.92 Å². The quantitative estimate of drug-likeness (QED) is 0.530. The van der Waals surface area contributed by atoms with Crippen LogP contribution < -0.4 is 0 Å². The van der Waals surface area contributed by atoms with Gasteiger partial charge >= 0.3 is 0 Å². The molecule has 0 aliphatic heterocycles. The second-order valence-electron chi connectivity index (χ2n) is 1.71. The van der Waals surface area contributed by atoms with Crippen molar-refractivity contribution in [2.45, 2.75) is 25.4 Å². The molecule has 0 rings (SSSR count). The molecule has 0 saturated heterocycles. The first-order valence-corrected chi connectivity index (χ1v) is 2.29. The molecule has 0 heterocycles. The van der Waals surface area contributed by atoms with E-state index in [1.54, 1.807) is 0 Å². The largest absolute Gasteiger partial charge is 0.275 e. The van der Waals surface area contributed by atoms with Crippen molar-refractivity contribution in [2.24, 2.45) is 0 Å². The Labute approximate surface area is 46.7 Å². The molecule has 0 N–H and O–H groups in total. The fourth-order valence-corrected chi connectivity index (χ4v) is 0.253. The summed E-state index contributed by atoms with van der Waals surface area (Å²) in [6.45, 7) is 3.54. The summed E-state index contributed by atoms with van der Waals surface area (Å²) in [6.07, 6.45) is -2.47. The SMILES string of the molecule is [CH2]CC(F)C(C)(F)F. The van der Waals surface area contributed by atoms with Gasteiger partial charge < -0.3 is 0 Å². The molecule has 8 heavy (non-hydrogen) atoms. The summed E-state index contributed by atoms with van der Waals surface area (Å²) in [4.78, 5) is 0. The van der Waals surface area contributed by atoms with Crippen molar-refractivity contribution >= 4 is 0 Å². The number of rotatable bonds is 2. The van der Waals surface area contributed by atoms with Gasteiger partial charge in [0.05, 0.1) is 0 Å². The van der Waals surface area contributed by atoms with Gasteiger partial charge in [0.25, 0.3) is 5.92 Å². The molecule has 49 valence electrons. The highest BCUT2D eigenvalue weighted by Gasteiger charge is 2.32. The normalized spacial score (nSPS) is 16.1. The third kappa shape index (κ3) is 2.19. The zero-order valence-electron chi connectivity index (χ0n) is 4.63. The van der Waals surface area contributed by atoms with Crippen molar-refractivity contribution in [1.29, 1.82) is 0 Å². The monoisotopic (exact) mass is 125 g/mol. The number of hydrogen-bond donors (Lipinski definition) is 0. The first kappa shape index (κ1) is 7.79. The maximum Gasteiger partial charge on any atom is 0.275 e. The van der Waals surface area contributed by atoms with Crippen LogP contribution in [-0.2, 0) is 0 Å².